The number of carbonyl (C=O) groups excluding carboxylic acids is 1. The first-order valence-electron chi connectivity index (χ1n) is 4.38. The van der Waals surface area contributed by atoms with Crippen molar-refractivity contribution in [2.24, 2.45) is 0 Å². The molecule has 0 aromatic carbocycles. The average molecular weight is 211 g/mol. The summed E-state index contributed by atoms with van der Waals surface area (Å²) in [5.74, 6) is 0.0178. The molecule has 76 valence electrons. The second-order valence-electron chi connectivity index (χ2n) is 3.05. The van der Waals surface area contributed by atoms with Crippen LogP contribution < -0.4 is 0 Å². The van der Waals surface area contributed by atoms with E-state index in [4.69, 9.17) is 5.11 Å². The van der Waals surface area contributed by atoms with Crippen LogP contribution in [0.5, 0.6) is 0 Å². The van der Waals surface area contributed by atoms with Gasteiger partial charge in [-0.2, -0.15) is 0 Å². The maximum atomic E-state index is 10.9. The third-order valence-electron chi connectivity index (χ3n) is 1.72. The van der Waals surface area contributed by atoms with Gasteiger partial charge in [0.15, 0.2) is 5.78 Å². The zero-order chi connectivity index (χ0) is 10.6. The van der Waals surface area contributed by atoms with Crippen LogP contribution in [0.1, 0.15) is 24.2 Å². The van der Waals surface area contributed by atoms with Crippen LogP contribution in [0.25, 0.3) is 0 Å². The van der Waals surface area contributed by atoms with Gasteiger partial charge >= 0.3 is 0 Å². The molecule has 1 aromatic heterocycles. The predicted molar refractivity (Wildman–Crippen MR) is 56.6 cm³/mol. The minimum absolute atomic E-state index is 0.0178. The fourth-order valence-corrected chi connectivity index (χ4v) is 1.65. The predicted octanol–water partition coefficient (Wildman–Crippen LogP) is 1.76. The molecule has 1 rings (SSSR count). The molecule has 0 fully saturated rings. The van der Waals surface area contributed by atoms with E-state index < -0.39 is 0 Å². The van der Waals surface area contributed by atoms with E-state index in [0.29, 0.717) is 5.56 Å². The van der Waals surface area contributed by atoms with Crippen molar-refractivity contribution >= 4 is 17.5 Å². The highest BCUT2D eigenvalue weighted by atomic mass is 32.2. The van der Waals surface area contributed by atoms with E-state index in [1.807, 2.05) is 6.92 Å². The number of Topliss-reactive ketones (excluding diaryl/α,β-unsaturated/α-hetero) is 1. The Morgan fingerprint density at radius 3 is 2.79 bits per heavy atom. The number of aromatic nitrogens is 1. The molecule has 0 aliphatic carbocycles. The summed E-state index contributed by atoms with van der Waals surface area (Å²) in [5.41, 5.74) is 0.617. The van der Waals surface area contributed by atoms with Crippen molar-refractivity contribution in [1.82, 2.24) is 4.98 Å². The Hall–Kier alpha value is -0.870. The van der Waals surface area contributed by atoms with E-state index >= 15 is 0 Å². The van der Waals surface area contributed by atoms with Crippen molar-refractivity contribution in [3.05, 3.63) is 23.9 Å². The summed E-state index contributed by atoms with van der Waals surface area (Å²) in [6, 6.07) is 3.55. The topological polar surface area (TPSA) is 50.2 Å². The third kappa shape index (κ3) is 3.12. The molecule has 0 aliphatic heterocycles. The second kappa shape index (κ2) is 5.12. The zero-order valence-corrected chi connectivity index (χ0v) is 9.04. The Morgan fingerprint density at radius 1 is 1.64 bits per heavy atom. The average Bonchev–Trinajstić information content (AvgIpc) is 2.18. The summed E-state index contributed by atoms with van der Waals surface area (Å²) >= 11 is 1.49. The monoisotopic (exact) mass is 211 g/mol. The quantitative estimate of drug-likeness (QED) is 0.609. The maximum Gasteiger partial charge on any atom is 0.161 e. The van der Waals surface area contributed by atoms with Crippen LogP contribution in [0.15, 0.2) is 23.4 Å². The highest BCUT2D eigenvalue weighted by Gasteiger charge is 2.04. The Morgan fingerprint density at radius 2 is 2.36 bits per heavy atom. The molecule has 0 spiro atoms. The molecule has 0 saturated carbocycles. The van der Waals surface area contributed by atoms with Crippen LogP contribution >= 0.6 is 11.8 Å². The molecule has 4 heteroatoms. The lowest BCUT2D eigenvalue weighted by Gasteiger charge is -2.06. The molecule has 0 saturated heterocycles. The van der Waals surface area contributed by atoms with E-state index in [9.17, 15) is 4.79 Å². The molecular formula is C10H13NO2S. The molecule has 0 radical (unpaired) electrons. The largest absolute Gasteiger partial charge is 0.395 e. The number of aliphatic hydroxyl groups excluding tert-OH is 1. The molecule has 1 heterocycles. The van der Waals surface area contributed by atoms with Gasteiger partial charge in [-0.25, -0.2) is 4.98 Å². The van der Waals surface area contributed by atoms with Crippen LogP contribution in [0.3, 0.4) is 0 Å². The molecule has 0 bridgehead atoms. The van der Waals surface area contributed by atoms with Crippen molar-refractivity contribution in [3.8, 4) is 0 Å². The number of rotatable bonds is 4. The van der Waals surface area contributed by atoms with Gasteiger partial charge in [0.25, 0.3) is 0 Å². The van der Waals surface area contributed by atoms with Crippen LogP contribution in [-0.2, 0) is 0 Å². The fourth-order valence-electron chi connectivity index (χ4n) is 0.902. The first-order chi connectivity index (χ1) is 6.63. The number of carbonyl (C=O) groups is 1. The first-order valence-corrected chi connectivity index (χ1v) is 5.26. The zero-order valence-electron chi connectivity index (χ0n) is 8.23. The van der Waals surface area contributed by atoms with Gasteiger partial charge in [-0.1, -0.05) is 6.92 Å². The number of hydrogen-bond acceptors (Lipinski definition) is 4. The Bertz CT molecular complexity index is 310. The van der Waals surface area contributed by atoms with Crippen LogP contribution in [0, 0.1) is 0 Å². The van der Waals surface area contributed by atoms with Gasteiger partial charge in [0, 0.05) is 17.0 Å². The highest BCUT2D eigenvalue weighted by Crippen LogP contribution is 2.20. The van der Waals surface area contributed by atoms with Crippen LogP contribution in [-0.4, -0.2) is 27.7 Å². The van der Waals surface area contributed by atoms with Crippen molar-refractivity contribution in [2.45, 2.75) is 24.1 Å². The summed E-state index contributed by atoms with van der Waals surface area (Å²) in [4.78, 5) is 15.1. The van der Waals surface area contributed by atoms with E-state index in [-0.39, 0.29) is 17.6 Å². The summed E-state index contributed by atoms with van der Waals surface area (Å²) in [6.07, 6.45) is 1.56. The lowest BCUT2D eigenvalue weighted by molar-refractivity contribution is 0.101. The summed E-state index contributed by atoms with van der Waals surface area (Å²) in [6.45, 7) is 3.56. The van der Waals surface area contributed by atoms with Gasteiger partial charge in [-0.15, -0.1) is 11.8 Å². The van der Waals surface area contributed by atoms with Crippen molar-refractivity contribution in [2.75, 3.05) is 6.61 Å². The number of aliphatic hydroxyl groups is 1. The minimum Gasteiger partial charge on any atom is -0.395 e. The van der Waals surface area contributed by atoms with Gasteiger partial charge in [0.05, 0.1) is 11.6 Å². The fraction of sp³-hybridized carbons (Fsp3) is 0.400. The Labute approximate surface area is 87.6 Å². The van der Waals surface area contributed by atoms with Gasteiger partial charge < -0.3 is 5.11 Å². The lowest BCUT2D eigenvalue weighted by atomic mass is 10.2. The molecule has 1 N–H and O–H groups in total. The van der Waals surface area contributed by atoms with Crippen molar-refractivity contribution < 1.29 is 9.90 Å². The molecule has 1 unspecified atom stereocenters. The van der Waals surface area contributed by atoms with E-state index in [1.54, 1.807) is 18.3 Å². The van der Waals surface area contributed by atoms with E-state index in [1.165, 1.54) is 18.7 Å². The number of hydrogen-bond donors (Lipinski definition) is 1. The summed E-state index contributed by atoms with van der Waals surface area (Å²) in [7, 11) is 0. The molecule has 3 nitrogen and oxygen atoms in total. The standard InChI is InChI=1S/C10H13NO2S/c1-7(6-12)14-10-4-3-9(5-11-10)8(2)13/h3-5,7,12H,6H2,1-2H3. The Balaban J connectivity index is 2.68. The van der Waals surface area contributed by atoms with E-state index in [2.05, 4.69) is 4.98 Å². The molecular weight excluding hydrogens is 198 g/mol. The summed E-state index contributed by atoms with van der Waals surface area (Å²) in [5, 5.41) is 9.80. The normalized spacial score (nSPS) is 12.5. The number of pyridine rings is 1. The second-order valence-corrected chi connectivity index (χ2v) is 4.51. The molecule has 1 atom stereocenters. The molecule has 1 aromatic rings. The van der Waals surface area contributed by atoms with Gasteiger partial charge in [0.2, 0.25) is 0 Å². The first kappa shape index (κ1) is 11.2. The maximum absolute atomic E-state index is 10.9. The smallest absolute Gasteiger partial charge is 0.161 e. The van der Waals surface area contributed by atoms with E-state index in [0.717, 1.165) is 5.03 Å². The number of ketones is 1. The highest BCUT2D eigenvalue weighted by molar-refractivity contribution is 7.99. The van der Waals surface area contributed by atoms with Crippen LogP contribution in [0.2, 0.25) is 0 Å². The van der Waals surface area contributed by atoms with Crippen LogP contribution in [0.4, 0.5) is 0 Å². The molecule has 0 aliphatic rings. The van der Waals surface area contributed by atoms with Gasteiger partial charge in [-0.05, 0) is 19.1 Å². The molecule has 14 heavy (non-hydrogen) atoms. The van der Waals surface area contributed by atoms with Crippen molar-refractivity contribution in [3.63, 3.8) is 0 Å². The minimum atomic E-state index is 0.0178. The molecule has 0 amide bonds. The number of thioether (sulfide) groups is 1. The van der Waals surface area contributed by atoms with Gasteiger partial charge in [-0.3, -0.25) is 4.79 Å². The lowest BCUT2D eigenvalue weighted by Crippen LogP contribution is -2.02. The third-order valence-corrected chi connectivity index (χ3v) is 2.76. The number of nitrogens with zero attached hydrogens (tertiary/aromatic N) is 1. The Kier molecular flexibility index (Phi) is 4.10. The SMILES string of the molecule is CC(=O)c1ccc(SC(C)CO)nc1. The van der Waals surface area contributed by atoms with Gasteiger partial charge in [0.1, 0.15) is 0 Å². The summed E-state index contributed by atoms with van der Waals surface area (Å²) < 4.78 is 0. The van der Waals surface area contributed by atoms with Crippen molar-refractivity contribution in [1.29, 1.82) is 0 Å².